The van der Waals surface area contributed by atoms with Gasteiger partial charge in [0.2, 0.25) is 10.0 Å². The van der Waals surface area contributed by atoms with Crippen molar-refractivity contribution in [2.45, 2.75) is 17.4 Å². The van der Waals surface area contributed by atoms with Gasteiger partial charge >= 0.3 is 0 Å². The summed E-state index contributed by atoms with van der Waals surface area (Å²) in [5.74, 6) is -2.01. The lowest BCUT2D eigenvalue weighted by molar-refractivity contribution is 0.0908. The highest BCUT2D eigenvalue weighted by Crippen LogP contribution is 2.15. The summed E-state index contributed by atoms with van der Waals surface area (Å²) < 4.78 is 51.5. The Morgan fingerprint density at radius 2 is 2.00 bits per heavy atom. The number of hydrogen-bond donors (Lipinski definition) is 2. The molecule has 1 rings (SSSR count). The first-order valence-corrected chi connectivity index (χ1v) is 8.22. The minimum atomic E-state index is -3.98. The molecule has 0 radical (unpaired) electrons. The van der Waals surface area contributed by atoms with Crippen molar-refractivity contribution in [1.82, 2.24) is 4.72 Å². The molecule has 4 nitrogen and oxygen atoms in total. The Balaban J connectivity index is 2.84. The molecule has 0 saturated heterocycles. The van der Waals surface area contributed by atoms with E-state index >= 15 is 0 Å². The molecule has 0 saturated carbocycles. The van der Waals surface area contributed by atoms with Crippen molar-refractivity contribution in [2.24, 2.45) is 0 Å². The predicted molar refractivity (Wildman–Crippen MR) is 70.6 cm³/mol. The quantitative estimate of drug-likeness (QED) is 0.832. The van der Waals surface area contributed by atoms with E-state index in [0.29, 0.717) is 11.8 Å². The number of aliphatic hydroxyl groups is 1. The van der Waals surface area contributed by atoms with Crippen molar-refractivity contribution >= 4 is 21.8 Å². The van der Waals surface area contributed by atoms with E-state index in [0.717, 1.165) is 12.1 Å². The van der Waals surface area contributed by atoms with E-state index < -0.39 is 27.3 Å². The van der Waals surface area contributed by atoms with Gasteiger partial charge in [0.05, 0.1) is 10.5 Å². The lowest BCUT2D eigenvalue weighted by Crippen LogP contribution is -2.42. The Bertz CT molecular complexity index is 547. The summed E-state index contributed by atoms with van der Waals surface area (Å²) in [5.41, 5.74) is -1.22. The summed E-state index contributed by atoms with van der Waals surface area (Å²) in [4.78, 5) is -0.383. The SMILES string of the molecule is CSCC(C)(O)CNS(=O)(=O)c1ccc(F)c(F)c1. The molecule has 0 spiro atoms. The van der Waals surface area contributed by atoms with Crippen molar-refractivity contribution in [3.05, 3.63) is 29.8 Å². The Hall–Kier alpha value is -0.700. The van der Waals surface area contributed by atoms with Gasteiger partial charge in [-0.05, 0) is 31.4 Å². The van der Waals surface area contributed by atoms with Crippen LogP contribution in [0.2, 0.25) is 0 Å². The average Bonchev–Trinajstić information content (AvgIpc) is 2.30. The summed E-state index contributed by atoms with van der Waals surface area (Å²) in [6.45, 7) is 1.27. The van der Waals surface area contributed by atoms with Crippen LogP contribution in [0.4, 0.5) is 8.78 Å². The monoisotopic (exact) mass is 311 g/mol. The molecule has 0 aliphatic heterocycles. The molecule has 1 aromatic rings. The van der Waals surface area contributed by atoms with Gasteiger partial charge in [-0.2, -0.15) is 11.8 Å². The smallest absolute Gasteiger partial charge is 0.240 e. The fourth-order valence-corrected chi connectivity index (χ4v) is 3.24. The Morgan fingerprint density at radius 3 is 2.53 bits per heavy atom. The van der Waals surface area contributed by atoms with Crippen LogP contribution in [0.5, 0.6) is 0 Å². The number of benzene rings is 1. The molecular weight excluding hydrogens is 296 g/mol. The molecule has 1 unspecified atom stereocenters. The lowest BCUT2D eigenvalue weighted by Gasteiger charge is -2.22. The van der Waals surface area contributed by atoms with E-state index in [9.17, 15) is 22.3 Å². The number of nitrogens with one attached hydrogen (secondary N) is 1. The topological polar surface area (TPSA) is 66.4 Å². The Morgan fingerprint density at radius 1 is 1.37 bits per heavy atom. The van der Waals surface area contributed by atoms with Crippen molar-refractivity contribution < 1.29 is 22.3 Å². The maximum atomic E-state index is 13.0. The average molecular weight is 311 g/mol. The third-order valence-corrected chi connectivity index (χ3v) is 4.61. The lowest BCUT2D eigenvalue weighted by atomic mass is 10.1. The molecule has 19 heavy (non-hydrogen) atoms. The van der Waals surface area contributed by atoms with Gasteiger partial charge in [-0.3, -0.25) is 0 Å². The van der Waals surface area contributed by atoms with Crippen molar-refractivity contribution in [2.75, 3.05) is 18.6 Å². The molecule has 2 N–H and O–H groups in total. The first-order chi connectivity index (χ1) is 8.68. The van der Waals surface area contributed by atoms with Crippen LogP contribution in [0.3, 0.4) is 0 Å². The maximum Gasteiger partial charge on any atom is 0.240 e. The van der Waals surface area contributed by atoms with Gasteiger partial charge in [0, 0.05) is 12.3 Å². The molecule has 0 aromatic heterocycles. The summed E-state index contributed by atoms with van der Waals surface area (Å²) in [7, 11) is -3.98. The van der Waals surface area contributed by atoms with Gasteiger partial charge in [0.15, 0.2) is 11.6 Å². The zero-order chi connectivity index (χ0) is 14.7. The molecule has 8 heteroatoms. The largest absolute Gasteiger partial charge is 0.388 e. The number of sulfonamides is 1. The first kappa shape index (κ1) is 16.4. The number of rotatable bonds is 6. The summed E-state index contributed by atoms with van der Waals surface area (Å²) >= 11 is 1.36. The standard InChI is InChI=1S/C11H15F2NO3S2/c1-11(15,7-18-2)6-14-19(16,17)8-3-4-9(12)10(13)5-8/h3-5,14-15H,6-7H2,1-2H3. The van der Waals surface area contributed by atoms with Gasteiger partial charge < -0.3 is 5.11 Å². The summed E-state index contributed by atoms with van der Waals surface area (Å²) in [6, 6.07) is 2.30. The minimum Gasteiger partial charge on any atom is -0.388 e. The summed E-state index contributed by atoms with van der Waals surface area (Å²) in [5, 5.41) is 9.84. The minimum absolute atomic E-state index is 0.213. The van der Waals surface area contributed by atoms with Crippen LogP contribution >= 0.6 is 11.8 Å². The van der Waals surface area contributed by atoms with Crippen LogP contribution in [-0.4, -0.2) is 37.7 Å². The van der Waals surface area contributed by atoms with E-state index in [-0.39, 0.29) is 11.4 Å². The zero-order valence-corrected chi connectivity index (χ0v) is 12.1. The van der Waals surface area contributed by atoms with Crippen molar-refractivity contribution in [1.29, 1.82) is 0 Å². The van der Waals surface area contributed by atoms with Gasteiger partial charge in [0.25, 0.3) is 0 Å². The summed E-state index contributed by atoms with van der Waals surface area (Å²) in [6.07, 6.45) is 1.78. The molecule has 0 amide bonds. The molecule has 0 fully saturated rings. The molecule has 0 bridgehead atoms. The van der Waals surface area contributed by atoms with Crippen LogP contribution in [0.15, 0.2) is 23.1 Å². The fourth-order valence-electron chi connectivity index (χ4n) is 1.34. The van der Waals surface area contributed by atoms with Gasteiger partial charge in [-0.15, -0.1) is 0 Å². The molecular formula is C11H15F2NO3S2. The van der Waals surface area contributed by atoms with E-state index in [1.165, 1.54) is 18.7 Å². The maximum absolute atomic E-state index is 13.0. The van der Waals surface area contributed by atoms with Gasteiger partial charge in [-0.25, -0.2) is 21.9 Å². The van der Waals surface area contributed by atoms with Crippen LogP contribution in [0.25, 0.3) is 0 Å². The highest BCUT2D eigenvalue weighted by molar-refractivity contribution is 7.98. The highest BCUT2D eigenvalue weighted by atomic mass is 32.2. The van der Waals surface area contributed by atoms with Crippen LogP contribution in [0.1, 0.15) is 6.92 Å². The second kappa shape index (κ2) is 6.17. The predicted octanol–water partition coefficient (Wildman–Crippen LogP) is 1.36. The van der Waals surface area contributed by atoms with E-state index in [2.05, 4.69) is 4.72 Å². The number of thioether (sulfide) groups is 1. The van der Waals surface area contributed by atoms with Gasteiger partial charge in [0.1, 0.15) is 0 Å². The van der Waals surface area contributed by atoms with E-state index in [4.69, 9.17) is 0 Å². The zero-order valence-electron chi connectivity index (χ0n) is 10.5. The number of halogens is 2. The van der Waals surface area contributed by atoms with Crippen LogP contribution < -0.4 is 4.72 Å². The number of hydrogen-bond acceptors (Lipinski definition) is 4. The molecule has 0 aliphatic rings. The third-order valence-electron chi connectivity index (χ3n) is 2.30. The fraction of sp³-hybridized carbons (Fsp3) is 0.455. The molecule has 0 heterocycles. The van der Waals surface area contributed by atoms with Gasteiger partial charge in [-0.1, -0.05) is 0 Å². The first-order valence-electron chi connectivity index (χ1n) is 5.34. The molecule has 108 valence electrons. The highest BCUT2D eigenvalue weighted by Gasteiger charge is 2.24. The van der Waals surface area contributed by atoms with E-state index in [1.54, 1.807) is 6.26 Å². The normalized spacial score (nSPS) is 15.2. The Kier molecular flexibility index (Phi) is 5.31. The molecule has 1 aromatic carbocycles. The van der Waals surface area contributed by atoms with E-state index in [1.807, 2.05) is 0 Å². The Labute approximate surface area is 115 Å². The van der Waals surface area contributed by atoms with Crippen LogP contribution in [0, 0.1) is 11.6 Å². The second-order valence-corrected chi connectivity index (χ2v) is 6.96. The van der Waals surface area contributed by atoms with Crippen molar-refractivity contribution in [3.63, 3.8) is 0 Å². The third kappa shape index (κ3) is 4.72. The second-order valence-electron chi connectivity index (χ2n) is 4.33. The molecule has 1 atom stereocenters. The molecule has 0 aliphatic carbocycles. The van der Waals surface area contributed by atoms with Crippen molar-refractivity contribution in [3.8, 4) is 0 Å². The van der Waals surface area contributed by atoms with Crippen LogP contribution in [-0.2, 0) is 10.0 Å².